The van der Waals surface area contributed by atoms with Crippen LogP contribution in [0, 0.1) is 0 Å². The summed E-state index contributed by atoms with van der Waals surface area (Å²) < 4.78 is 2.04. The lowest BCUT2D eigenvalue weighted by Gasteiger charge is -2.24. The first kappa shape index (κ1) is 23.1. The van der Waals surface area contributed by atoms with Crippen LogP contribution in [0.3, 0.4) is 0 Å². The number of hydrogen-bond acceptors (Lipinski definition) is 5. The van der Waals surface area contributed by atoms with E-state index in [4.69, 9.17) is 11.6 Å². The Morgan fingerprint density at radius 2 is 1.84 bits per heavy atom. The molecular weight excluding hydrogens is 446 g/mol. The number of benzene rings is 1. The van der Waals surface area contributed by atoms with Gasteiger partial charge in [-0.15, -0.1) is 10.2 Å². The number of aromatic nitrogens is 3. The molecule has 1 aliphatic heterocycles. The molecule has 1 N–H and O–H groups in total. The average molecular weight is 476 g/mol. The molecule has 32 heavy (non-hydrogen) atoms. The number of nitrogens with one attached hydrogen (secondary N) is 1. The molecule has 172 valence electrons. The highest BCUT2D eigenvalue weighted by Crippen LogP contribution is 2.34. The second-order valence-corrected chi connectivity index (χ2v) is 9.82. The van der Waals surface area contributed by atoms with Crippen LogP contribution in [0.15, 0.2) is 29.4 Å². The Hall–Kier alpha value is -2.06. The van der Waals surface area contributed by atoms with Crippen LogP contribution in [0.25, 0.3) is 0 Å². The topological polar surface area (TPSA) is 80.1 Å². The van der Waals surface area contributed by atoms with Gasteiger partial charge in [0.2, 0.25) is 5.91 Å². The zero-order valence-corrected chi connectivity index (χ0v) is 20.0. The largest absolute Gasteiger partial charge is 0.353 e. The van der Waals surface area contributed by atoms with Crippen LogP contribution < -0.4 is 5.32 Å². The van der Waals surface area contributed by atoms with Gasteiger partial charge in [-0.1, -0.05) is 42.6 Å². The quantitative estimate of drug-likeness (QED) is 0.597. The number of likely N-dealkylation sites (tertiary alicyclic amines) is 1. The summed E-state index contributed by atoms with van der Waals surface area (Å²) in [6.45, 7) is 3.42. The molecular formula is C23H30ClN5O2S. The van der Waals surface area contributed by atoms with Crippen molar-refractivity contribution in [1.82, 2.24) is 25.0 Å². The van der Waals surface area contributed by atoms with Crippen molar-refractivity contribution in [2.45, 2.75) is 75.7 Å². The Bertz CT molecular complexity index is 942. The van der Waals surface area contributed by atoms with Gasteiger partial charge in [0.05, 0.1) is 11.8 Å². The Labute approximate surface area is 198 Å². The van der Waals surface area contributed by atoms with Crippen LogP contribution in [0.1, 0.15) is 74.1 Å². The molecule has 1 aromatic heterocycles. The SMILES string of the molecule is CCn1c(SCC(=O)NC2CCCCC2)nnc1C1CCCN1C(=O)c1ccc(Cl)cc1. The average Bonchev–Trinajstić information content (AvgIpc) is 3.45. The monoisotopic (exact) mass is 475 g/mol. The molecule has 1 saturated carbocycles. The van der Waals surface area contributed by atoms with Crippen LogP contribution in [0.4, 0.5) is 0 Å². The van der Waals surface area contributed by atoms with E-state index in [1.54, 1.807) is 24.3 Å². The first-order valence-electron chi connectivity index (χ1n) is 11.5. The molecule has 7 nitrogen and oxygen atoms in total. The fourth-order valence-electron chi connectivity index (χ4n) is 4.63. The zero-order valence-electron chi connectivity index (χ0n) is 18.4. The first-order chi connectivity index (χ1) is 15.6. The predicted octanol–water partition coefficient (Wildman–Crippen LogP) is 4.47. The highest BCUT2D eigenvalue weighted by atomic mass is 35.5. The number of amides is 2. The molecule has 2 aliphatic rings. The van der Waals surface area contributed by atoms with E-state index in [1.165, 1.54) is 31.0 Å². The van der Waals surface area contributed by atoms with Gasteiger partial charge in [0.25, 0.3) is 5.91 Å². The number of nitrogens with zero attached hydrogens (tertiary/aromatic N) is 4. The van der Waals surface area contributed by atoms with E-state index in [0.717, 1.165) is 36.7 Å². The minimum Gasteiger partial charge on any atom is -0.353 e. The Morgan fingerprint density at radius 1 is 1.09 bits per heavy atom. The summed E-state index contributed by atoms with van der Waals surface area (Å²) in [6.07, 6.45) is 7.57. The standard InChI is InChI=1S/C23H30ClN5O2S/c1-2-28-21(19-9-6-14-29(19)22(31)16-10-12-17(24)13-11-16)26-27-23(28)32-15-20(30)25-18-7-4-3-5-8-18/h10-13,18-19H,2-9,14-15H2,1H3,(H,25,30). The maximum absolute atomic E-state index is 13.1. The van der Waals surface area contributed by atoms with Crippen molar-refractivity contribution in [3.63, 3.8) is 0 Å². The Morgan fingerprint density at radius 3 is 2.56 bits per heavy atom. The van der Waals surface area contributed by atoms with E-state index < -0.39 is 0 Å². The summed E-state index contributed by atoms with van der Waals surface area (Å²) in [6, 6.07) is 7.19. The second kappa shape index (κ2) is 10.7. The molecule has 9 heteroatoms. The second-order valence-electron chi connectivity index (χ2n) is 8.44. The van der Waals surface area contributed by atoms with Crippen molar-refractivity contribution in [3.05, 3.63) is 40.7 Å². The van der Waals surface area contributed by atoms with Crippen LogP contribution in [0.2, 0.25) is 5.02 Å². The van der Waals surface area contributed by atoms with Crippen molar-refractivity contribution in [3.8, 4) is 0 Å². The fourth-order valence-corrected chi connectivity index (χ4v) is 5.58. The van der Waals surface area contributed by atoms with Crippen LogP contribution in [-0.2, 0) is 11.3 Å². The molecule has 2 fully saturated rings. The molecule has 1 atom stereocenters. The van der Waals surface area contributed by atoms with Gasteiger partial charge >= 0.3 is 0 Å². The van der Waals surface area contributed by atoms with Crippen molar-refractivity contribution in [1.29, 1.82) is 0 Å². The molecule has 4 rings (SSSR count). The van der Waals surface area contributed by atoms with Gasteiger partial charge in [0, 0.05) is 29.7 Å². The van der Waals surface area contributed by atoms with Crippen molar-refractivity contribution in [2.24, 2.45) is 0 Å². The third-order valence-electron chi connectivity index (χ3n) is 6.27. The summed E-state index contributed by atoms with van der Waals surface area (Å²) in [4.78, 5) is 27.4. The van der Waals surface area contributed by atoms with Gasteiger partial charge in [0.15, 0.2) is 11.0 Å². The van der Waals surface area contributed by atoms with Gasteiger partial charge in [-0.25, -0.2) is 0 Å². The third-order valence-corrected chi connectivity index (χ3v) is 7.49. The maximum Gasteiger partial charge on any atom is 0.254 e. The molecule has 1 aliphatic carbocycles. The molecule has 1 saturated heterocycles. The molecule has 2 amide bonds. The van der Waals surface area contributed by atoms with E-state index in [2.05, 4.69) is 15.5 Å². The van der Waals surface area contributed by atoms with Gasteiger partial charge in [0.1, 0.15) is 0 Å². The van der Waals surface area contributed by atoms with Crippen molar-refractivity contribution >= 4 is 35.2 Å². The van der Waals surface area contributed by atoms with E-state index in [0.29, 0.717) is 35.5 Å². The fraction of sp³-hybridized carbons (Fsp3) is 0.565. The van der Waals surface area contributed by atoms with Gasteiger partial charge < -0.3 is 14.8 Å². The maximum atomic E-state index is 13.1. The molecule has 1 aromatic carbocycles. The van der Waals surface area contributed by atoms with Gasteiger partial charge in [-0.2, -0.15) is 0 Å². The molecule has 0 spiro atoms. The Kier molecular flexibility index (Phi) is 7.73. The zero-order chi connectivity index (χ0) is 22.5. The lowest BCUT2D eigenvalue weighted by molar-refractivity contribution is -0.119. The number of rotatable bonds is 7. The van der Waals surface area contributed by atoms with E-state index in [9.17, 15) is 9.59 Å². The number of carbonyl (C=O) groups excluding carboxylic acids is 2. The van der Waals surface area contributed by atoms with Crippen molar-refractivity contribution in [2.75, 3.05) is 12.3 Å². The van der Waals surface area contributed by atoms with E-state index in [1.807, 2.05) is 16.4 Å². The van der Waals surface area contributed by atoms with E-state index in [-0.39, 0.29) is 17.9 Å². The minimum absolute atomic E-state index is 0.0177. The predicted molar refractivity (Wildman–Crippen MR) is 126 cm³/mol. The smallest absolute Gasteiger partial charge is 0.254 e. The van der Waals surface area contributed by atoms with Crippen LogP contribution in [-0.4, -0.2) is 49.8 Å². The summed E-state index contributed by atoms with van der Waals surface area (Å²) in [5, 5.41) is 13.3. The molecule has 2 aromatic rings. The lowest BCUT2D eigenvalue weighted by Crippen LogP contribution is -2.37. The van der Waals surface area contributed by atoms with Crippen LogP contribution >= 0.6 is 23.4 Å². The first-order valence-corrected chi connectivity index (χ1v) is 12.8. The molecule has 0 radical (unpaired) electrons. The molecule has 1 unspecified atom stereocenters. The van der Waals surface area contributed by atoms with Gasteiger partial charge in [-0.05, 0) is 56.9 Å². The minimum atomic E-state index is -0.115. The highest BCUT2D eigenvalue weighted by Gasteiger charge is 2.34. The van der Waals surface area contributed by atoms with Crippen molar-refractivity contribution < 1.29 is 9.59 Å². The highest BCUT2D eigenvalue weighted by molar-refractivity contribution is 7.99. The number of hydrogen-bond donors (Lipinski definition) is 1. The number of halogens is 1. The third kappa shape index (κ3) is 5.29. The van der Waals surface area contributed by atoms with E-state index >= 15 is 0 Å². The molecule has 0 bridgehead atoms. The summed E-state index contributed by atoms with van der Waals surface area (Å²) in [5.41, 5.74) is 0.623. The Balaban J connectivity index is 1.42. The summed E-state index contributed by atoms with van der Waals surface area (Å²) in [7, 11) is 0. The van der Waals surface area contributed by atoms with Crippen LogP contribution in [0.5, 0.6) is 0 Å². The number of carbonyl (C=O) groups is 2. The summed E-state index contributed by atoms with van der Waals surface area (Å²) in [5.74, 6) is 1.15. The summed E-state index contributed by atoms with van der Waals surface area (Å²) >= 11 is 7.39. The molecule has 2 heterocycles. The normalized spacial score (nSPS) is 19.3. The lowest BCUT2D eigenvalue weighted by atomic mass is 9.95. The van der Waals surface area contributed by atoms with Gasteiger partial charge in [-0.3, -0.25) is 9.59 Å². The number of thioether (sulfide) groups is 1.